The van der Waals surface area contributed by atoms with Crippen molar-refractivity contribution < 1.29 is 14.1 Å². The lowest BCUT2D eigenvalue weighted by Gasteiger charge is -2.09. The molecule has 3 heterocycles. The van der Waals surface area contributed by atoms with Gasteiger partial charge >= 0.3 is 5.97 Å². The van der Waals surface area contributed by atoms with Crippen molar-refractivity contribution in [2.24, 2.45) is 0 Å². The summed E-state index contributed by atoms with van der Waals surface area (Å²) >= 11 is 7.47. The van der Waals surface area contributed by atoms with Crippen molar-refractivity contribution in [3.05, 3.63) is 69.4 Å². The fourth-order valence-electron chi connectivity index (χ4n) is 2.85. The molecule has 0 saturated heterocycles. The molecule has 7 heteroatoms. The maximum absolute atomic E-state index is 12.8. The Bertz CT molecular complexity index is 1130. The number of rotatable bonds is 4. The number of hydrogen-bond acceptors (Lipinski definition) is 6. The quantitative estimate of drug-likeness (QED) is 0.420. The molecule has 0 unspecified atom stereocenters. The van der Waals surface area contributed by atoms with Crippen LogP contribution >= 0.6 is 22.9 Å². The normalized spacial score (nSPS) is 11.1. The zero-order valence-corrected chi connectivity index (χ0v) is 16.2. The number of hydrogen-bond donors (Lipinski definition) is 0. The molecule has 0 radical (unpaired) electrons. The van der Waals surface area contributed by atoms with Crippen molar-refractivity contribution in [2.45, 2.75) is 20.5 Å². The molecule has 4 rings (SSSR count). The highest BCUT2D eigenvalue weighted by Crippen LogP contribution is 2.32. The van der Waals surface area contributed by atoms with Gasteiger partial charge in [-0.15, -0.1) is 11.3 Å². The van der Waals surface area contributed by atoms with Crippen molar-refractivity contribution in [2.75, 3.05) is 0 Å². The predicted molar refractivity (Wildman–Crippen MR) is 105 cm³/mol. The molecular weight excluding hydrogens is 384 g/mol. The molecule has 0 saturated carbocycles. The van der Waals surface area contributed by atoms with Gasteiger partial charge in [-0.1, -0.05) is 35.0 Å². The summed E-state index contributed by atoms with van der Waals surface area (Å²) in [5.41, 5.74) is 3.38. The molecule has 0 fully saturated rings. The number of ether oxygens (including phenoxy) is 1. The summed E-state index contributed by atoms with van der Waals surface area (Å²) in [7, 11) is 0. The second-order valence-electron chi connectivity index (χ2n) is 6.05. The van der Waals surface area contributed by atoms with E-state index < -0.39 is 5.97 Å². The number of aryl methyl sites for hydroxylation is 2. The number of halogens is 1. The minimum atomic E-state index is -0.419. The van der Waals surface area contributed by atoms with E-state index in [1.807, 2.05) is 43.3 Å². The maximum Gasteiger partial charge on any atom is 0.339 e. The van der Waals surface area contributed by atoms with Crippen LogP contribution in [0.2, 0.25) is 4.34 Å². The van der Waals surface area contributed by atoms with E-state index in [-0.39, 0.29) is 6.61 Å². The summed E-state index contributed by atoms with van der Waals surface area (Å²) in [5.74, 6) is 0.228. The highest BCUT2D eigenvalue weighted by molar-refractivity contribution is 7.19. The van der Waals surface area contributed by atoms with E-state index in [0.717, 1.165) is 21.3 Å². The van der Waals surface area contributed by atoms with Gasteiger partial charge in [0.05, 0.1) is 37.2 Å². The topological polar surface area (TPSA) is 65.2 Å². The van der Waals surface area contributed by atoms with Gasteiger partial charge < -0.3 is 9.26 Å². The van der Waals surface area contributed by atoms with Crippen molar-refractivity contribution in [3.63, 3.8) is 0 Å². The number of carbonyl (C=O) groups excluding carboxylic acids is 1. The van der Waals surface area contributed by atoms with Crippen LogP contribution in [0, 0.1) is 13.8 Å². The molecule has 0 aliphatic heterocycles. The Morgan fingerprint density at radius 2 is 2.04 bits per heavy atom. The average molecular weight is 399 g/mol. The molecule has 0 aliphatic rings. The Morgan fingerprint density at radius 1 is 1.22 bits per heavy atom. The highest BCUT2D eigenvalue weighted by Gasteiger charge is 2.18. The van der Waals surface area contributed by atoms with Crippen LogP contribution in [-0.2, 0) is 11.3 Å². The van der Waals surface area contributed by atoms with Crippen LogP contribution < -0.4 is 0 Å². The Balaban J connectivity index is 1.72. The summed E-state index contributed by atoms with van der Waals surface area (Å²) in [5, 5.41) is 4.63. The van der Waals surface area contributed by atoms with Crippen LogP contribution in [0.5, 0.6) is 0 Å². The fraction of sp³-hybridized carbons (Fsp3) is 0.150. The SMILES string of the molecule is Cc1noc(C)c1COC(=O)c1cc(-c2ccc(Cl)s2)nc2ccccc12. The monoisotopic (exact) mass is 398 g/mol. The second kappa shape index (κ2) is 7.13. The Morgan fingerprint density at radius 3 is 2.74 bits per heavy atom. The van der Waals surface area contributed by atoms with Crippen LogP contribution in [0.25, 0.3) is 21.5 Å². The lowest BCUT2D eigenvalue weighted by molar-refractivity contribution is 0.0473. The van der Waals surface area contributed by atoms with Gasteiger partial charge in [-0.25, -0.2) is 9.78 Å². The molecule has 5 nitrogen and oxygen atoms in total. The first kappa shape index (κ1) is 17.7. The molecule has 0 amide bonds. The number of pyridine rings is 1. The molecule has 0 spiro atoms. The van der Waals surface area contributed by atoms with E-state index in [9.17, 15) is 4.79 Å². The summed E-state index contributed by atoms with van der Waals surface area (Å²) in [6.07, 6.45) is 0. The van der Waals surface area contributed by atoms with Gasteiger partial charge in [-0.05, 0) is 38.1 Å². The minimum Gasteiger partial charge on any atom is -0.457 e. The van der Waals surface area contributed by atoms with Gasteiger partial charge in [-0.3, -0.25) is 0 Å². The average Bonchev–Trinajstić information content (AvgIpc) is 3.24. The number of fused-ring (bicyclic) bond motifs is 1. The van der Waals surface area contributed by atoms with Crippen LogP contribution in [-0.4, -0.2) is 16.1 Å². The van der Waals surface area contributed by atoms with Crippen LogP contribution in [0.3, 0.4) is 0 Å². The number of para-hydroxylation sites is 1. The van der Waals surface area contributed by atoms with Crippen LogP contribution in [0.4, 0.5) is 0 Å². The van der Waals surface area contributed by atoms with E-state index in [1.165, 1.54) is 11.3 Å². The Kier molecular flexibility index (Phi) is 4.68. The molecule has 0 atom stereocenters. The van der Waals surface area contributed by atoms with E-state index in [4.69, 9.17) is 20.9 Å². The van der Waals surface area contributed by atoms with Gasteiger partial charge in [0.15, 0.2) is 0 Å². The predicted octanol–water partition coefficient (Wildman–Crippen LogP) is 5.58. The van der Waals surface area contributed by atoms with Crippen molar-refractivity contribution >= 4 is 39.8 Å². The Hall–Kier alpha value is -2.70. The van der Waals surface area contributed by atoms with E-state index in [2.05, 4.69) is 10.1 Å². The molecule has 0 N–H and O–H groups in total. The first-order chi connectivity index (χ1) is 13.0. The molecule has 27 heavy (non-hydrogen) atoms. The molecule has 3 aromatic heterocycles. The van der Waals surface area contributed by atoms with Crippen LogP contribution in [0.15, 0.2) is 47.0 Å². The zero-order chi connectivity index (χ0) is 19.0. The lowest BCUT2D eigenvalue weighted by Crippen LogP contribution is -2.08. The van der Waals surface area contributed by atoms with Gasteiger partial charge in [0.1, 0.15) is 12.4 Å². The van der Waals surface area contributed by atoms with Crippen molar-refractivity contribution in [1.29, 1.82) is 0 Å². The summed E-state index contributed by atoms with van der Waals surface area (Å²) in [6, 6.07) is 13.0. The number of nitrogens with zero attached hydrogens (tertiary/aromatic N) is 2. The third-order valence-electron chi connectivity index (χ3n) is 4.29. The van der Waals surface area contributed by atoms with Gasteiger partial charge in [0.2, 0.25) is 0 Å². The number of esters is 1. The lowest BCUT2D eigenvalue weighted by atomic mass is 10.1. The van der Waals surface area contributed by atoms with Crippen molar-refractivity contribution in [1.82, 2.24) is 10.1 Å². The highest BCUT2D eigenvalue weighted by atomic mass is 35.5. The summed E-state index contributed by atoms with van der Waals surface area (Å²) < 4.78 is 11.3. The second-order valence-corrected chi connectivity index (χ2v) is 7.77. The first-order valence-corrected chi connectivity index (χ1v) is 9.47. The molecular formula is C20H15ClN2O3S. The smallest absolute Gasteiger partial charge is 0.339 e. The maximum atomic E-state index is 12.8. The van der Waals surface area contributed by atoms with E-state index >= 15 is 0 Å². The third-order valence-corrected chi connectivity index (χ3v) is 5.54. The number of carbonyl (C=O) groups is 1. The fourth-order valence-corrected chi connectivity index (χ4v) is 3.85. The summed E-state index contributed by atoms with van der Waals surface area (Å²) in [6.45, 7) is 3.72. The number of aromatic nitrogens is 2. The number of benzene rings is 1. The summed E-state index contributed by atoms with van der Waals surface area (Å²) in [4.78, 5) is 18.4. The van der Waals surface area contributed by atoms with Crippen LogP contribution in [0.1, 0.15) is 27.4 Å². The minimum absolute atomic E-state index is 0.108. The number of thiophene rings is 1. The largest absolute Gasteiger partial charge is 0.457 e. The molecule has 136 valence electrons. The molecule has 0 bridgehead atoms. The molecule has 4 aromatic rings. The van der Waals surface area contributed by atoms with Crippen molar-refractivity contribution in [3.8, 4) is 10.6 Å². The van der Waals surface area contributed by atoms with Gasteiger partial charge in [0.25, 0.3) is 0 Å². The Labute approximate surface area is 164 Å². The van der Waals surface area contributed by atoms with Gasteiger partial charge in [0, 0.05) is 5.39 Å². The molecule has 1 aromatic carbocycles. The van der Waals surface area contributed by atoms with E-state index in [1.54, 1.807) is 13.0 Å². The molecule has 0 aliphatic carbocycles. The third kappa shape index (κ3) is 3.46. The first-order valence-electron chi connectivity index (χ1n) is 8.27. The van der Waals surface area contributed by atoms with E-state index in [0.29, 0.717) is 27.0 Å². The zero-order valence-electron chi connectivity index (χ0n) is 14.7. The van der Waals surface area contributed by atoms with Gasteiger partial charge in [-0.2, -0.15) is 0 Å². The standard InChI is InChI=1S/C20H15ClN2O3S/c1-11-15(12(2)26-23-11)10-25-20(24)14-9-17(18-7-8-19(21)27-18)22-16-6-4-3-5-13(14)16/h3-9H,10H2,1-2H3.